The van der Waals surface area contributed by atoms with E-state index in [-0.39, 0.29) is 5.78 Å². The van der Waals surface area contributed by atoms with Gasteiger partial charge in [0.2, 0.25) is 0 Å². The van der Waals surface area contributed by atoms with Crippen molar-refractivity contribution in [1.82, 2.24) is 5.32 Å². The molecule has 0 amide bonds. The van der Waals surface area contributed by atoms with Crippen LogP contribution in [-0.2, 0) is 6.42 Å². The van der Waals surface area contributed by atoms with Crippen LogP contribution in [0.4, 0.5) is 0 Å². The molecule has 0 bridgehead atoms. The maximum absolute atomic E-state index is 12.0. The third-order valence-corrected chi connectivity index (χ3v) is 3.11. The Morgan fingerprint density at radius 3 is 2.65 bits per heavy atom. The van der Waals surface area contributed by atoms with E-state index in [0.717, 1.165) is 13.0 Å². The van der Waals surface area contributed by atoms with Crippen molar-refractivity contribution in [3.63, 3.8) is 0 Å². The summed E-state index contributed by atoms with van der Waals surface area (Å²) in [4.78, 5) is 12.0. The fourth-order valence-corrected chi connectivity index (χ4v) is 1.98. The van der Waals surface area contributed by atoms with Crippen LogP contribution in [0.2, 0.25) is 0 Å². The predicted molar refractivity (Wildman–Crippen MR) is 80.3 cm³/mol. The molecule has 0 radical (unpaired) electrons. The molecule has 0 heterocycles. The fraction of sp³-hybridized carbons (Fsp3) is 0.235. The Labute approximate surface area is 119 Å². The monoisotopic (exact) mass is 269 g/mol. The number of rotatable bonds is 7. The van der Waals surface area contributed by atoms with Gasteiger partial charge in [-0.15, -0.1) is 0 Å². The van der Waals surface area contributed by atoms with Gasteiger partial charge in [0.25, 0.3) is 0 Å². The van der Waals surface area contributed by atoms with Crippen LogP contribution < -0.4 is 10.1 Å². The van der Waals surface area contributed by atoms with E-state index in [1.807, 2.05) is 36.4 Å². The lowest BCUT2D eigenvalue weighted by molar-refractivity contribution is 0.0991. The third kappa shape index (κ3) is 4.21. The Bertz CT molecular complexity index is 552. The van der Waals surface area contributed by atoms with Crippen molar-refractivity contribution in [2.45, 2.75) is 6.42 Å². The molecule has 0 aliphatic heterocycles. The van der Waals surface area contributed by atoms with Crippen LogP contribution in [0.5, 0.6) is 5.75 Å². The first-order valence-corrected chi connectivity index (χ1v) is 6.71. The highest BCUT2D eigenvalue weighted by atomic mass is 16.5. The van der Waals surface area contributed by atoms with E-state index in [1.165, 1.54) is 5.56 Å². The molecule has 2 aromatic rings. The lowest BCUT2D eigenvalue weighted by atomic mass is 10.1. The number of ketones is 1. The molecular weight excluding hydrogens is 250 g/mol. The molecule has 0 aliphatic carbocycles. The summed E-state index contributed by atoms with van der Waals surface area (Å²) in [5.41, 5.74) is 1.95. The zero-order chi connectivity index (χ0) is 14.2. The summed E-state index contributed by atoms with van der Waals surface area (Å²) in [5, 5.41) is 3.18. The molecule has 20 heavy (non-hydrogen) atoms. The molecule has 0 unspecified atom stereocenters. The highest BCUT2D eigenvalue weighted by Crippen LogP contribution is 2.12. The van der Waals surface area contributed by atoms with E-state index in [0.29, 0.717) is 17.9 Å². The Balaban J connectivity index is 1.77. The van der Waals surface area contributed by atoms with Gasteiger partial charge in [0.05, 0.1) is 13.7 Å². The number of nitrogens with one attached hydrogen (secondary N) is 1. The molecule has 0 aliphatic rings. The van der Waals surface area contributed by atoms with Gasteiger partial charge < -0.3 is 10.1 Å². The average molecular weight is 269 g/mol. The molecule has 3 nitrogen and oxygen atoms in total. The summed E-state index contributed by atoms with van der Waals surface area (Å²) in [7, 11) is 1.60. The Morgan fingerprint density at radius 1 is 1.10 bits per heavy atom. The molecular formula is C17H19NO2. The number of Topliss-reactive ketones (excluding diaryl/α,β-unsaturated/α-hetero) is 1. The highest BCUT2D eigenvalue weighted by molar-refractivity contribution is 5.97. The number of hydrogen-bond acceptors (Lipinski definition) is 3. The standard InChI is InChI=1S/C17H19NO2/c1-20-16-9-5-8-15(12-16)17(19)13-18-11-10-14-6-3-2-4-7-14/h2-9,12,18H,10-11,13H2,1H3. The van der Waals surface area contributed by atoms with Crippen molar-refractivity contribution in [3.05, 3.63) is 65.7 Å². The molecule has 2 aromatic carbocycles. The largest absolute Gasteiger partial charge is 0.497 e. The topological polar surface area (TPSA) is 38.3 Å². The number of methoxy groups -OCH3 is 1. The minimum atomic E-state index is 0.0805. The first kappa shape index (κ1) is 14.3. The van der Waals surface area contributed by atoms with Crippen LogP contribution >= 0.6 is 0 Å². The van der Waals surface area contributed by atoms with Gasteiger partial charge >= 0.3 is 0 Å². The number of carbonyl (C=O) groups excluding carboxylic acids is 1. The van der Waals surface area contributed by atoms with Crippen molar-refractivity contribution >= 4 is 5.78 Å². The molecule has 0 saturated carbocycles. The van der Waals surface area contributed by atoms with Crippen LogP contribution in [0, 0.1) is 0 Å². The second-order valence-electron chi connectivity index (χ2n) is 4.57. The second kappa shape index (κ2) is 7.46. The van der Waals surface area contributed by atoms with E-state index in [2.05, 4.69) is 17.4 Å². The SMILES string of the molecule is COc1cccc(C(=O)CNCCc2ccccc2)c1. The van der Waals surface area contributed by atoms with E-state index in [1.54, 1.807) is 13.2 Å². The fourth-order valence-electron chi connectivity index (χ4n) is 1.98. The van der Waals surface area contributed by atoms with E-state index >= 15 is 0 Å². The number of hydrogen-bond donors (Lipinski definition) is 1. The average Bonchev–Trinajstić information content (AvgIpc) is 2.52. The van der Waals surface area contributed by atoms with Gasteiger partial charge in [0, 0.05) is 5.56 Å². The smallest absolute Gasteiger partial charge is 0.176 e. The van der Waals surface area contributed by atoms with Gasteiger partial charge in [-0.2, -0.15) is 0 Å². The number of ether oxygens (including phenoxy) is 1. The molecule has 3 heteroatoms. The highest BCUT2D eigenvalue weighted by Gasteiger charge is 2.06. The zero-order valence-electron chi connectivity index (χ0n) is 11.6. The van der Waals surface area contributed by atoms with Crippen molar-refractivity contribution in [2.75, 3.05) is 20.2 Å². The summed E-state index contributed by atoms with van der Waals surface area (Å²) < 4.78 is 5.12. The van der Waals surface area contributed by atoms with Gasteiger partial charge in [-0.1, -0.05) is 42.5 Å². The van der Waals surface area contributed by atoms with E-state index in [9.17, 15) is 4.79 Å². The molecule has 0 fully saturated rings. The van der Waals surface area contributed by atoms with Crippen molar-refractivity contribution in [1.29, 1.82) is 0 Å². The van der Waals surface area contributed by atoms with E-state index < -0.39 is 0 Å². The summed E-state index contributed by atoms with van der Waals surface area (Å²) in [6, 6.07) is 17.5. The normalized spacial score (nSPS) is 10.2. The first-order valence-electron chi connectivity index (χ1n) is 6.71. The maximum atomic E-state index is 12.0. The minimum absolute atomic E-state index is 0.0805. The molecule has 0 spiro atoms. The summed E-state index contributed by atoms with van der Waals surface area (Å²) in [6.45, 7) is 1.14. The van der Waals surface area contributed by atoms with Gasteiger partial charge in [0.1, 0.15) is 5.75 Å². The van der Waals surface area contributed by atoms with Crippen LogP contribution in [0.15, 0.2) is 54.6 Å². The molecule has 0 atom stereocenters. The first-order chi connectivity index (χ1) is 9.79. The van der Waals surface area contributed by atoms with Crippen molar-refractivity contribution in [3.8, 4) is 5.75 Å². The molecule has 0 saturated heterocycles. The third-order valence-electron chi connectivity index (χ3n) is 3.11. The molecule has 0 aromatic heterocycles. The Hall–Kier alpha value is -2.13. The van der Waals surface area contributed by atoms with Gasteiger partial charge in [-0.05, 0) is 30.7 Å². The van der Waals surface area contributed by atoms with Crippen LogP contribution in [0.1, 0.15) is 15.9 Å². The molecule has 104 valence electrons. The Kier molecular flexibility index (Phi) is 5.33. The van der Waals surface area contributed by atoms with Crippen molar-refractivity contribution in [2.24, 2.45) is 0 Å². The summed E-state index contributed by atoms with van der Waals surface area (Å²) in [5.74, 6) is 0.789. The van der Waals surface area contributed by atoms with Crippen LogP contribution in [0.3, 0.4) is 0 Å². The summed E-state index contributed by atoms with van der Waals surface area (Å²) >= 11 is 0. The number of carbonyl (C=O) groups is 1. The van der Waals surface area contributed by atoms with Crippen molar-refractivity contribution < 1.29 is 9.53 Å². The van der Waals surface area contributed by atoms with E-state index in [4.69, 9.17) is 4.74 Å². The second-order valence-corrected chi connectivity index (χ2v) is 4.57. The summed E-state index contributed by atoms with van der Waals surface area (Å²) in [6.07, 6.45) is 0.923. The van der Waals surface area contributed by atoms with Crippen LogP contribution in [0.25, 0.3) is 0 Å². The number of benzene rings is 2. The quantitative estimate of drug-likeness (QED) is 0.620. The maximum Gasteiger partial charge on any atom is 0.176 e. The lowest BCUT2D eigenvalue weighted by Crippen LogP contribution is -2.25. The molecule has 1 N–H and O–H groups in total. The zero-order valence-corrected chi connectivity index (χ0v) is 11.6. The predicted octanol–water partition coefficient (Wildman–Crippen LogP) is 2.71. The van der Waals surface area contributed by atoms with Gasteiger partial charge in [-0.25, -0.2) is 0 Å². The lowest BCUT2D eigenvalue weighted by Gasteiger charge is -2.06. The molecule has 2 rings (SSSR count). The minimum Gasteiger partial charge on any atom is -0.497 e. The van der Waals surface area contributed by atoms with Gasteiger partial charge in [-0.3, -0.25) is 4.79 Å². The Morgan fingerprint density at radius 2 is 1.90 bits per heavy atom. The van der Waals surface area contributed by atoms with Gasteiger partial charge in [0.15, 0.2) is 5.78 Å². The van der Waals surface area contributed by atoms with Crippen LogP contribution in [-0.4, -0.2) is 26.0 Å².